The van der Waals surface area contributed by atoms with Gasteiger partial charge >= 0.3 is 0 Å². The van der Waals surface area contributed by atoms with Crippen LogP contribution in [0.15, 0.2) is 35.1 Å². The summed E-state index contributed by atoms with van der Waals surface area (Å²) >= 11 is 0. The van der Waals surface area contributed by atoms with E-state index in [1.54, 1.807) is 7.11 Å². The van der Waals surface area contributed by atoms with Crippen molar-refractivity contribution < 1.29 is 4.74 Å². The molecule has 0 aliphatic carbocycles. The van der Waals surface area contributed by atoms with Crippen LogP contribution in [0.2, 0.25) is 0 Å². The highest BCUT2D eigenvalue weighted by Crippen LogP contribution is 2.17. The van der Waals surface area contributed by atoms with Crippen LogP contribution in [-0.4, -0.2) is 30.5 Å². The van der Waals surface area contributed by atoms with E-state index in [1.807, 2.05) is 13.1 Å². The molecule has 0 aliphatic rings. The minimum absolute atomic E-state index is 0.0691. The molecule has 0 spiro atoms. The average Bonchev–Trinajstić information content (AvgIpc) is 2.56. The fourth-order valence-electron chi connectivity index (χ4n) is 2.30. The van der Waals surface area contributed by atoms with Gasteiger partial charge in [-0.25, -0.2) is 4.68 Å². The molecule has 1 aromatic heterocycles. The molecule has 22 heavy (non-hydrogen) atoms. The minimum Gasteiger partial charge on any atom is -0.383 e. The summed E-state index contributed by atoms with van der Waals surface area (Å²) in [5, 5.41) is 7.51. The normalized spacial score (nSPS) is 10.9. The SMILES string of the molecule is CCc1ccc(-c2cc(CNC)c(=O)n(CCOC)n2)cc1. The summed E-state index contributed by atoms with van der Waals surface area (Å²) in [5.74, 6) is 0. The van der Waals surface area contributed by atoms with Crippen LogP contribution in [-0.2, 0) is 24.2 Å². The highest BCUT2D eigenvalue weighted by atomic mass is 16.5. The summed E-state index contributed by atoms with van der Waals surface area (Å²) in [7, 11) is 3.45. The van der Waals surface area contributed by atoms with Gasteiger partial charge in [-0.3, -0.25) is 4.79 Å². The Bertz CT molecular complexity index is 663. The van der Waals surface area contributed by atoms with E-state index in [0.29, 0.717) is 25.3 Å². The molecule has 0 saturated carbocycles. The van der Waals surface area contributed by atoms with Gasteiger partial charge in [0.05, 0.1) is 18.8 Å². The number of rotatable bonds is 7. The van der Waals surface area contributed by atoms with E-state index < -0.39 is 0 Å². The number of aromatic nitrogens is 2. The van der Waals surface area contributed by atoms with Gasteiger partial charge in [-0.1, -0.05) is 31.2 Å². The van der Waals surface area contributed by atoms with Crippen LogP contribution < -0.4 is 10.9 Å². The number of ether oxygens (including phenoxy) is 1. The first-order valence-electron chi connectivity index (χ1n) is 7.53. The monoisotopic (exact) mass is 301 g/mol. The summed E-state index contributed by atoms with van der Waals surface area (Å²) in [6.45, 7) is 3.56. The van der Waals surface area contributed by atoms with Crippen LogP contribution in [0, 0.1) is 0 Å². The van der Waals surface area contributed by atoms with Gasteiger partial charge in [0, 0.05) is 24.8 Å². The van der Waals surface area contributed by atoms with Crippen LogP contribution in [0.4, 0.5) is 0 Å². The van der Waals surface area contributed by atoms with Crippen molar-refractivity contribution in [1.82, 2.24) is 15.1 Å². The lowest BCUT2D eigenvalue weighted by atomic mass is 10.1. The molecule has 0 saturated heterocycles. The van der Waals surface area contributed by atoms with Gasteiger partial charge in [0.15, 0.2) is 0 Å². The van der Waals surface area contributed by atoms with Crippen LogP contribution in [0.25, 0.3) is 11.3 Å². The molecule has 0 atom stereocenters. The molecule has 118 valence electrons. The number of hydrogen-bond donors (Lipinski definition) is 1. The van der Waals surface area contributed by atoms with Gasteiger partial charge in [-0.15, -0.1) is 0 Å². The molecule has 2 rings (SSSR count). The first-order valence-corrected chi connectivity index (χ1v) is 7.53. The highest BCUT2D eigenvalue weighted by molar-refractivity contribution is 5.59. The predicted molar refractivity (Wildman–Crippen MR) is 88.0 cm³/mol. The molecule has 0 aliphatic heterocycles. The van der Waals surface area contributed by atoms with Crippen molar-refractivity contribution in [3.05, 3.63) is 51.8 Å². The predicted octanol–water partition coefficient (Wildman–Crippen LogP) is 1.84. The van der Waals surface area contributed by atoms with Crippen molar-refractivity contribution in [2.75, 3.05) is 20.8 Å². The Kier molecular flexibility index (Phi) is 5.86. The average molecular weight is 301 g/mol. The molecule has 5 heteroatoms. The minimum atomic E-state index is -0.0691. The topological polar surface area (TPSA) is 56.2 Å². The van der Waals surface area contributed by atoms with Crippen molar-refractivity contribution in [3.8, 4) is 11.3 Å². The van der Waals surface area contributed by atoms with E-state index in [0.717, 1.165) is 17.7 Å². The molecule has 0 fully saturated rings. The van der Waals surface area contributed by atoms with Crippen molar-refractivity contribution in [1.29, 1.82) is 0 Å². The molecule has 0 bridgehead atoms. The first kappa shape index (κ1) is 16.4. The zero-order valence-electron chi connectivity index (χ0n) is 13.4. The van der Waals surface area contributed by atoms with Crippen molar-refractivity contribution >= 4 is 0 Å². The maximum atomic E-state index is 12.4. The van der Waals surface area contributed by atoms with E-state index in [-0.39, 0.29) is 5.56 Å². The summed E-state index contributed by atoms with van der Waals surface area (Å²) in [5.41, 5.74) is 3.75. The standard InChI is InChI=1S/C17H23N3O2/c1-4-13-5-7-14(8-6-13)16-11-15(12-18-2)17(21)20(19-16)9-10-22-3/h5-8,11,18H,4,9-10,12H2,1-3H3. The van der Waals surface area contributed by atoms with E-state index in [1.165, 1.54) is 10.2 Å². The Morgan fingerprint density at radius 1 is 1.27 bits per heavy atom. The first-order chi connectivity index (χ1) is 10.7. The van der Waals surface area contributed by atoms with Crippen LogP contribution in [0.5, 0.6) is 0 Å². The third-order valence-corrected chi connectivity index (χ3v) is 3.58. The lowest BCUT2D eigenvalue weighted by Gasteiger charge is -2.11. The smallest absolute Gasteiger partial charge is 0.271 e. The van der Waals surface area contributed by atoms with Crippen molar-refractivity contribution in [3.63, 3.8) is 0 Å². The summed E-state index contributed by atoms with van der Waals surface area (Å²) < 4.78 is 6.55. The second kappa shape index (κ2) is 7.87. The third-order valence-electron chi connectivity index (χ3n) is 3.58. The number of benzene rings is 1. The van der Waals surface area contributed by atoms with Crippen LogP contribution in [0.3, 0.4) is 0 Å². The van der Waals surface area contributed by atoms with E-state index in [4.69, 9.17) is 4.74 Å². The molecule has 1 aromatic carbocycles. The summed E-state index contributed by atoms with van der Waals surface area (Å²) in [4.78, 5) is 12.4. The van der Waals surface area contributed by atoms with Gasteiger partial charge in [-0.05, 0) is 25.1 Å². The number of nitrogens with one attached hydrogen (secondary N) is 1. The Labute approximate surface area is 130 Å². The number of aryl methyl sites for hydroxylation is 1. The number of nitrogens with zero attached hydrogens (tertiary/aromatic N) is 2. The zero-order valence-corrected chi connectivity index (χ0v) is 13.4. The van der Waals surface area contributed by atoms with Gasteiger partial charge in [0.25, 0.3) is 5.56 Å². The Hall–Kier alpha value is -1.98. The molecular weight excluding hydrogens is 278 g/mol. The van der Waals surface area contributed by atoms with Gasteiger partial charge in [0.1, 0.15) is 0 Å². The summed E-state index contributed by atoms with van der Waals surface area (Å²) in [6.07, 6.45) is 1.01. The molecule has 2 aromatic rings. The lowest BCUT2D eigenvalue weighted by Crippen LogP contribution is -2.30. The van der Waals surface area contributed by atoms with E-state index in [9.17, 15) is 4.79 Å². The number of hydrogen-bond acceptors (Lipinski definition) is 4. The largest absolute Gasteiger partial charge is 0.383 e. The zero-order chi connectivity index (χ0) is 15.9. The molecule has 1 N–H and O–H groups in total. The van der Waals surface area contributed by atoms with Gasteiger partial charge < -0.3 is 10.1 Å². The van der Waals surface area contributed by atoms with Crippen molar-refractivity contribution in [2.24, 2.45) is 0 Å². The third kappa shape index (κ3) is 3.81. The Morgan fingerprint density at radius 3 is 2.59 bits per heavy atom. The van der Waals surface area contributed by atoms with Crippen molar-refractivity contribution in [2.45, 2.75) is 26.4 Å². The maximum absolute atomic E-state index is 12.4. The lowest BCUT2D eigenvalue weighted by molar-refractivity contribution is 0.182. The molecule has 5 nitrogen and oxygen atoms in total. The van der Waals surface area contributed by atoms with Gasteiger partial charge in [-0.2, -0.15) is 5.10 Å². The fourth-order valence-corrected chi connectivity index (χ4v) is 2.30. The van der Waals surface area contributed by atoms with E-state index in [2.05, 4.69) is 41.6 Å². The second-order valence-corrected chi connectivity index (χ2v) is 5.16. The fraction of sp³-hybridized carbons (Fsp3) is 0.412. The highest BCUT2D eigenvalue weighted by Gasteiger charge is 2.09. The maximum Gasteiger partial charge on any atom is 0.271 e. The number of methoxy groups -OCH3 is 1. The Morgan fingerprint density at radius 2 is 2.00 bits per heavy atom. The molecule has 0 unspecified atom stereocenters. The second-order valence-electron chi connectivity index (χ2n) is 5.16. The Balaban J connectivity index is 2.44. The quantitative estimate of drug-likeness (QED) is 0.848. The molecule has 0 radical (unpaired) electrons. The summed E-state index contributed by atoms with van der Waals surface area (Å²) in [6, 6.07) is 10.2. The van der Waals surface area contributed by atoms with Gasteiger partial charge in [0.2, 0.25) is 0 Å². The molecule has 0 amide bonds. The van der Waals surface area contributed by atoms with E-state index >= 15 is 0 Å². The van der Waals surface area contributed by atoms with Crippen LogP contribution in [0.1, 0.15) is 18.1 Å². The molecular formula is C17H23N3O2. The van der Waals surface area contributed by atoms with Crippen LogP contribution >= 0.6 is 0 Å². The molecule has 1 heterocycles.